The summed E-state index contributed by atoms with van der Waals surface area (Å²) in [5.41, 5.74) is 2.38. The predicted octanol–water partition coefficient (Wildman–Crippen LogP) is 4.05. The van der Waals surface area contributed by atoms with Gasteiger partial charge in [0.1, 0.15) is 11.0 Å². The van der Waals surface area contributed by atoms with Crippen molar-refractivity contribution in [2.75, 3.05) is 0 Å². The van der Waals surface area contributed by atoms with E-state index in [9.17, 15) is 4.39 Å². The molecule has 1 saturated carbocycles. The second-order valence-electron chi connectivity index (χ2n) is 6.29. The number of hydrogen-bond acceptors (Lipinski definition) is 4. The zero-order valence-electron chi connectivity index (χ0n) is 14.0. The maximum Gasteiger partial charge on any atom is 0.216 e. The molecule has 1 N–H and O–H groups in total. The molecule has 0 atom stereocenters. The van der Waals surface area contributed by atoms with E-state index in [2.05, 4.69) is 20.4 Å². The molecule has 1 aromatic carbocycles. The zero-order chi connectivity index (χ0) is 18.3. The lowest BCUT2D eigenvalue weighted by atomic mass is 10.2. The van der Waals surface area contributed by atoms with Gasteiger partial charge in [0.15, 0.2) is 5.82 Å². The third-order valence-corrected chi connectivity index (χ3v) is 4.94. The second kappa shape index (κ2) is 6.77. The smallest absolute Gasteiger partial charge is 0.216 e. The molecule has 1 fully saturated rings. The molecule has 0 aliphatic heterocycles. The normalized spacial score (nSPS) is 14.4. The first-order valence-electron chi connectivity index (χ1n) is 8.22. The lowest BCUT2D eigenvalue weighted by Gasteiger charge is -2.03. The molecule has 0 saturated heterocycles. The molecule has 0 radical (unpaired) electrons. The fourth-order valence-corrected chi connectivity index (χ4v) is 3.19. The van der Waals surface area contributed by atoms with Gasteiger partial charge >= 0.3 is 0 Å². The topological polar surface area (TPSA) is 63.8 Å². The van der Waals surface area contributed by atoms with E-state index in [1.165, 1.54) is 12.1 Å². The van der Waals surface area contributed by atoms with E-state index < -0.39 is 0 Å². The molecule has 134 valence electrons. The Hall–Kier alpha value is -2.32. The van der Waals surface area contributed by atoms with Crippen LogP contribution in [0.5, 0.6) is 0 Å². The van der Waals surface area contributed by atoms with Crippen LogP contribution < -0.4 is 0 Å². The van der Waals surface area contributed by atoms with Gasteiger partial charge < -0.3 is 0 Å². The number of nitrogens with one attached hydrogen (secondary N) is 1. The van der Waals surface area contributed by atoms with Gasteiger partial charge in [-0.2, -0.15) is 20.0 Å². The second-order valence-corrected chi connectivity index (χ2v) is 7.04. The summed E-state index contributed by atoms with van der Waals surface area (Å²) in [6.45, 7) is 2.32. The van der Waals surface area contributed by atoms with E-state index in [1.54, 1.807) is 27.7 Å². The Morgan fingerprint density at radius 1 is 1.38 bits per heavy atom. The Kier molecular flexibility index (Phi) is 4.46. The molecule has 1 aliphatic carbocycles. The first-order chi connectivity index (χ1) is 12.5. The van der Waals surface area contributed by atoms with Crippen molar-refractivity contribution in [2.45, 2.75) is 32.2 Å². The van der Waals surface area contributed by atoms with Crippen molar-refractivity contribution in [1.82, 2.24) is 24.7 Å². The van der Waals surface area contributed by atoms with Crippen LogP contribution in [0.4, 0.5) is 4.39 Å². The van der Waals surface area contributed by atoms with E-state index in [4.69, 9.17) is 23.8 Å². The molecule has 0 bridgehead atoms. The number of rotatable bonds is 5. The van der Waals surface area contributed by atoms with E-state index in [1.807, 2.05) is 6.92 Å². The van der Waals surface area contributed by atoms with Gasteiger partial charge in [0.25, 0.3) is 0 Å². The van der Waals surface area contributed by atoms with Crippen LogP contribution in [0.15, 0.2) is 29.4 Å². The average Bonchev–Trinajstić information content (AvgIpc) is 3.34. The van der Waals surface area contributed by atoms with Gasteiger partial charge in [0.2, 0.25) is 4.77 Å². The number of halogens is 2. The Morgan fingerprint density at radius 2 is 2.12 bits per heavy atom. The van der Waals surface area contributed by atoms with Crippen molar-refractivity contribution in [3.05, 3.63) is 62.7 Å². The van der Waals surface area contributed by atoms with Gasteiger partial charge in [-0.25, -0.2) is 9.07 Å². The summed E-state index contributed by atoms with van der Waals surface area (Å²) in [5, 5.41) is 16.4. The molecule has 2 aromatic heterocycles. The first-order valence-corrected chi connectivity index (χ1v) is 9.00. The number of aromatic nitrogens is 5. The minimum absolute atomic E-state index is 0.271. The number of hydrogen-bond donors (Lipinski definition) is 1. The summed E-state index contributed by atoms with van der Waals surface area (Å²) in [5.74, 6) is 0.990. The SMILES string of the molecule is Cc1nn(Cc2ccc(F)cc2)c(Cl)c1/C=N/n1c(C2CC2)n[nH]c1=S. The highest BCUT2D eigenvalue weighted by molar-refractivity contribution is 7.71. The highest BCUT2D eigenvalue weighted by Gasteiger charge is 2.29. The van der Waals surface area contributed by atoms with Crippen molar-refractivity contribution >= 4 is 30.0 Å². The van der Waals surface area contributed by atoms with Gasteiger partial charge in [-0.1, -0.05) is 23.7 Å². The van der Waals surface area contributed by atoms with Crippen LogP contribution >= 0.6 is 23.8 Å². The summed E-state index contributed by atoms with van der Waals surface area (Å²) in [6, 6.07) is 6.26. The van der Waals surface area contributed by atoms with Crippen LogP contribution in [-0.4, -0.2) is 30.9 Å². The summed E-state index contributed by atoms with van der Waals surface area (Å²) < 4.78 is 16.8. The Morgan fingerprint density at radius 3 is 2.81 bits per heavy atom. The molecule has 3 aromatic rings. The fourth-order valence-electron chi connectivity index (χ4n) is 2.72. The molecular weight excluding hydrogens is 375 g/mol. The molecule has 1 aliphatic rings. The standard InChI is InChI=1S/C17H16ClFN6S/c1-10-14(8-20-25-16(12-4-5-12)21-22-17(25)26)15(18)24(23-10)9-11-2-6-13(19)7-3-11/h2-3,6-8,12H,4-5,9H2,1H3,(H,22,26)/b20-8+. The molecule has 2 heterocycles. The molecule has 0 unspecified atom stereocenters. The fraction of sp³-hybridized carbons (Fsp3) is 0.294. The lowest BCUT2D eigenvalue weighted by molar-refractivity contribution is 0.624. The van der Waals surface area contributed by atoms with E-state index >= 15 is 0 Å². The van der Waals surface area contributed by atoms with Crippen molar-refractivity contribution < 1.29 is 4.39 Å². The molecule has 4 rings (SSSR count). The maximum atomic E-state index is 13.0. The van der Waals surface area contributed by atoms with Gasteiger partial charge in [0, 0.05) is 5.92 Å². The zero-order valence-corrected chi connectivity index (χ0v) is 15.6. The minimum atomic E-state index is -0.271. The van der Waals surface area contributed by atoms with Crippen LogP contribution in [-0.2, 0) is 6.54 Å². The predicted molar refractivity (Wildman–Crippen MR) is 99.9 cm³/mol. The molecule has 9 heteroatoms. The van der Waals surface area contributed by atoms with Gasteiger partial charge in [-0.05, 0) is 49.7 Å². The van der Waals surface area contributed by atoms with Crippen molar-refractivity contribution in [1.29, 1.82) is 0 Å². The average molecular weight is 391 g/mol. The minimum Gasteiger partial charge on any atom is -0.250 e. The maximum absolute atomic E-state index is 13.0. The number of aryl methyl sites for hydroxylation is 1. The highest BCUT2D eigenvalue weighted by Crippen LogP contribution is 2.38. The van der Waals surface area contributed by atoms with E-state index in [-0.39, 0.29) is 5.82 Å². The third-order valence-electron chi connectivity index (χ3n) is 4.28. The van der Waals surface area contributed by atoms with Crippen molar-refractivity contribution in [3.8, 4) is 0 Å². The quantitative estimate of drug-likeness (QED) is 0.528. The molecular formula is C17H16ClFN6S. The molecule has 0 spiro atoms. The highest BCUT2D eigenvalue weighted by atomic mass is 35.5. The Bertz CT molecular complexity index is 1030. The number of benzene rings is 1. The number of nitrogens with zero attached hydrogens (tertiary/aromatic N) is 5. The third kappa shape index (κ3) is 3.34. The van der Waals surface area contributed by atoms with Crippen molar-refractivity contribution in [3.63, 3.8) is 0 Å². The monoisotopic (exact) mass is 390 g/mol. The summed E-state index contributed by atoms with van der Waals surface area (Å²) in [4.78, 5) is 0. The first kappa shape index (κ1) is 17.1. The number of H-pyrrole nitrogens is 1. The molecule has 26 heavy (non-hydrogen) atoms. The largest absolute Gasteiger partial charge is 0.250 e. The Balaban J connectivity index is 1.61. The van der Waals surface area contributed by atoms with E-state index in [0.717, 1.165) is 35.5 Å². The molecule has 0 amide bonds. The van der Waals surface area contributed by atoms with Gasteiger partial charge in [-0.3, -0.25) is 5.10 Å². The number of aromatic amines is 1. The summed E-state index contributed by atoms with van der Waals surface area (Å²) >= 11 is 11.7. The summed E-state index contributed by atoms with van der Waals surface area (Å²) in [6.07, 6.45) is 3.86. The Labute approximate surface area is 159 Å². The van der Waals surface area contributed by atoms with E-state index in [0.29, 0.717) is 22.4 Å². The lowest BCUT2D eigenvalue weighted by Crippen LogP contribution is -2.02. The van der Waals surface area contributed by atoms with Crippen LogP contribution in [0.1, 0.15) is 41.4 Å². The van der Waals surface area contributed by atoms with Crippen LogP contribution in [0.25, 0.3) is 0 Å². The van der Waals surface area contributed by atoms with Crippen molar-refractivity contribution in [2.24, 2.45) is 5.10 Å². The molecule has 6 nitrogen and oxygen atoms in total. The van der Waals surface area contributed by atoms with Gasteiger partial charge in [0.05, 0.1) is 24.0 Å². The van der Waals surface area contributed by atoms with Gasteiger partial charge in [-0.15, -0.1) is 0 Å². The summed E-state index contributed by atoms with van der Waals surface area (Å²) in [7, 11) is 0. The van der Waals surface area contributed by atoms with Crippen LogP contribution in [0.3, 0.4) is 0 Å². The van der Waals surface area contributed by atoms with Crippen LogP contribution in [0, 0.1) is 17.5 Å². The van der Waals surface area contributed by atoms with Crippen LogP contribution in [0.2, 0.25) is 5.15 Å².